The van der Waals surface area contributed by atoms with E-state index in [0.29, 0.717) is 6.04 Å². The van der Waals surface area contributed by atoms with Gasteiger partial charge >= 0.3 is 5.97 Å². The van der Waals surface area contributed by atoms with Crippen LogP contribution in [0.25, 0.3) is 0 Å². The quantitative estimate of drug-likeness (QED) is 0.734. The van der Waals surface area contributed by atoms with Crippen LogP contribution >= 0.6 is 0 Å². The van der Waals surface area contributed by atoms with Crippen LogP contribution in [-0.4, -0.2) is 37.9 Å². The van der Waals surface area contributed by atoms with Gasteiger partial charge in [0.1, 0.15) is 5.54 Å². The van der Waals surface area contributed by atoms with Gasteiger partial charge in [0.2, 0.25) is 0 Å². The minimum Gasteiger partial charge on any atom is -0.468 e. The lowest BCUT2D eigenvalue weighted by molar-refractivity contribution is -0.158. The number of nitrogens with one attached hydrogen (secondary N) is 1. The summed E-state index contributed by atoms with van der Waals surface area (Å²) in [6, 6.07) is 0.481. The third kappa shape index (κ3) is 2.09. The second-order valence-corrected chi connectivity index (χ2v) is 4.85. The van der Waals surface area contributed by atoms with Crippen LogP contribution < -0.4 is 5.32 Å². The molecule has 0 amide bonds. The molecule has 2 aliphatic carbocycles. The van der Waals surface area contributed by atoms with Gasteiger partial charge in [-0.05, 0) is 25.7 Å². The van der Waals surface area contributed by atoms with E-state index in [9.17, 15) is 4.79 Å². The Labute approximate surface area is 96.7 Å². The predicted molar refractivity (Wildman–Crippen MR) is 60.2 cm³/mol. The van der Waals surface area contributed by atoms with Crippen LogP contribution in [-0.2, 0) is 14.3 Å². The Morgan fingerprint density at radius 3 is 2.56 bits per heavy atom. The van der Waals surface area contributed by atoms with Crippen molar-refractivity contribution in [2.75, 3.05) is 14.2 Å². The summed E-state index contributed by atoms with van der Waals surface area (Å²) in [6.45, 7) is 0. The Morgan fingerprint density at radius 1 is 1.25 bits per heavy atom. The molecule has 2 fully saturated rings. The first kappa shape index (κ1) is 11.9. The van der Waals surface area contributed by atoms with Gasteiger partial charge in [-0.3, -0.25) is 5.32 Å². The third-order valence-corrected chi connectivity index (χ3v) is 3.71. The van der Waals surface area contributed by atoms with Crippen LogP contribution in [0.4, 0.5) is 0 Å². The van der Waals surface area contributed by atoms with Crippen molar-refractivity contribution in [1.29, 1.82) is 0 Å². The van der Waals surface area contributed by atoms with E-state index in [1.807, 2.05) is 0 Å². The fraction of sp³-hybridized carbons (Fsp3) is 0.917. The Morgan fingerprint density at radius 2 is 2.00 bits per heavy atom. The molecule has 92 valence electrons. The highest BCUT2D eigenvalue weighted by Gasteiger charge is 2.50. The predicted octanol–water partition coefficient (Wildman–Crippen LogP) is 1.24. The molecule has 2 unspecified atom stereocenters. The number of hydrogen-bond donors (Lipinski definition) is 1. The number of ether oxygens (including phenoxy) is 2. The maximum absolute atomic E-state index is 12.1. The average molecular weight is 227 g/mol. The summed E-state index contributed by atoms with van der Waals surface area (Å²) in [4.78, 5) is 12.1. The van der Waals surface area contributed by atoms with Crippen molar-refractivity contribution in [2.45, 2.75) is 56.2 Å². The summed E-state index contributed by atoms with van der Waals surface area (Å²) in [6.07, 6.45) is 6.23. The molecule has 4 nitrogen and oxygen atoms in total. The number of carbonyl (C=O) groups is 1. The molecule has 0 saturated heterocycles. The summed E-state index contributed by atoms with van der Waals surface area (Å²) in [5, 5.41) is 3.46. The topological polar surface area (TPSA) is 47.6 Å². The van der Waals surface area contributed by atoms with Crippen LogP contribution in [0.5, 0.6) is 0 Å². The SMILES string of the molecule is COC(=O)C1(NC2CC2)CCCCC1OC. The van der Waals surface area contributed by atoms with E-state index in [4.69, 9.17) is 9.47 Å². The van der Waals surface area contributed by atoms with E-state index in [2.05, 4.69) is 5.32 Å². The minimum atomic E-state index is -0.594. The highest BCUT2D eigenvalue weighted by molar-refractivity contribution is 5.82. The van der Waals surface area contributed by atoms with Gasteiger partial charge in [-0.25, -0.2) is 4.79 Å². The molecule has 0 aromatic rings. The van der Waals surface area contributed by atoms with Crippen LogP contribution in [0, 0.1) is 0 Å². The molecule has 16 heavy (non-hydrogen) atoms. The Bertz CT molecular complexity index is 265. The zero-order valence-corrected chi connectivity index (χ0v) is 10.1. The van der Waals surface area contributed by atoms with Crippen molar-refractivity contribution in [3.63, 3.8) is 0 Å². The smallest absolute Gasteiger partial charge is 0.328 e. The first-order chi connectivity index (χ1) is 7.73. The highest BCUT2D eigenvalue weighted by Crippen LogP contribution is 2.35. The lowest BCUT2D eigenvalue weighted by Crippen LogP contribution is -2.63. The molecule has 0 spiro atoms. The number of carbonyl (C=O) groups excluding carboxylic acids is 1. The molecule has 0 aliphatic heterocycles. The fourth-order valence-corrected chi connectivity index (χ4v) is 2.69. The molecular weight excluding hydrogens is 206 g/mol. The van der Waals surface area contributed by atoms with Crippen molar-refractivity contribution in [2.24, 2.45) is 0 Å². The molecule has 4 heteroatoms. The van der Waals surface area contributed by atoms with Crippen molar-refractivity contribution >= 4 is 5.97 Å². The van der Waals surface area contributed by atoms with Crippen molar-refractivity contribution < 1.29 is 14.3 Å². The molecule has 0 aromatic heterocycles. The third-order valence-electron chi connectivity index (χ3n) is 3.71. The van der Waals surface area contributed by atoms with E-state index in [-0.39, 0.29) is 12.1 Å². The standard InChI is InChI=1S/C12H21NO3/c1-15-10-5-3-4-8-12(10,11(14)16-2)13-9-6-7-9/h9-10,13H,3-8H2,1-2H3. The summed E-state index contributed by atoms with van der Waals surface area (Å²) >= 11 is 0. The molecule has 0 heterocycles. The lowest BCUT2D eigenvalue weighted by Gasteiger charge is -2.41. The van der Waals surface area contributed by atoms with Crippen molar-refractivity contribution in [3.8, 4) is 0 Å². The minimum absolute atomic E-state index is 0.0469. The number of rotatable bonds is 4. The molecule has 0 radical (unpaired) electrons. The molecule has 0 aromatic carbocycles. The first-order valence-electron chi connectivity index (χ1n) is 6.12. The Kier molecular flexibility index (Phi) is 3.50. The molecule has 2 saturated carbocycles. The summed E-state index contributed by atoms with van der Waals surface area (Å²) in [7, 11) is 3.14. The highest BCUT2D eigenvalue weighted by atomic mass is 16.5. The van der Waals surface area contributed by atoms with Crippen LogP contribution in [0.3, 0.4) is 0 Å². The molecule has 0 bridgehead atoms. The maximum atomic E-state index is 12.1. The van der Waals surface area contributed by atoms with Gasteiger partial charge in [-0.1, -0.05) is 12.8 Å². The van der Waals surface area contributed by atoms with Crippen molar-refractivity contribution in [1.82, 2.24) is 5.32 Å². The maximum Gasteiger partial charge on any atom is 0.328 e. The van der Waals surface area contributed by atoms with Gasteiger partial charge in [0.25, 0.3) is 0 Å². The van der Waals surface area contributed by atoms with Gasteiger partial charge in [0, 0.05) is 13.2 Å². The lowest BCUT2D eigenvalue weighted by atomic mass is 9.78. The van der Waals surface area contributed by atoms with Crippen LogP contribution in [0.15, 0.2) is 0 Å². The fourth-order valence-electron chi connectivity index (χ4n) is 2.69. The summed E-state index contributed by atoms with van der Waals surface area (Å²) in [5.74, 6) is -0.161. The number of hydrogen-bond acceptors (Lipinski definition) is 4. The van der Waals surface area contributed by atoms with Gasteiger partial charge < -0.3 is 9.47 Å². The van der Waals surface area contributed by atoms with Gasteiger partial charge in [0.15, 0.2) is 0 Å². The largest absolute Gasteiger partial charge is 0.468 e. The molecule has 2 rings (SSSR count). The second kappa shape index (κ2) is 4.72. The van der Waals surface area contributed by atoms with Crippen LogP contribution in [0.1, 0.15) is 38.5 Å². The van der Waals surface area contributed by atoms with Crippen molar-refractivity contribution in [3.05, 3.63) is 0 Å². The normalized spacial score (nSPS) is 34.8. The van der Waals surface area contributed by atoms with E-state index in [1.54, 1.807) is 7.11 Å². The Hall–Kier alpha value is -0.610. The van der Waals surface area contributed by atoms with Crippen LogP contribution in [0.2, 0.25) is 0 Å². The molecular formula is C12H21NO3. The molecule has 1 N–H and O–H groups in total. The average Bonchev–Trinajstić information content (AvgIpc) is 3.12. The summed E-state index contributed by atoms with van der Waals surface area (Å²) in [5.41, 5.74) is -0.594. The summed E-state index contributed by atoms with van der Waals surface area (Å²) < 4.78 is 10.5. The van der Waals surface area contributed by atoms with E-state index < -0.39 is 5.54 Å². The van der Waals surface area contributed by atoms with E-state index in [1.165, 1.54) is 7.11 Å². The van der Waals surface area contributed by atoms with E-state index in [0.717, 1.165) is 38.5 Å². The Balaban J connectivity index is 2.17. The number of esters is 1. The zero-order chi connectivity index (χ0) is 11.6. The second-order valence-electron chi connectivity index (χ2n) is 4.85. The first-order valence-corrected chi connectivity index (χ1v) is 6.12. The molecule has 2 atom stereocenters. The van der Waals surface area contributed by atoms with Gasteiger partial charge in [-0.2, -0.15) is 0 Å². The zero-order valence-electron chi connectivity index (χ0n) is 10.1. The van der Waals surface area contributed by atoms with Gasteiger partial charge in [-0.15, -0.1) is 0 Å². The number of methoxy groups -OCH3 is 2. The van der Waals surface area contributed by atoms with Gasteiger partial charge in [0.05, 0.1) is 13.2 Å². The van der Waals surface area contributed by atoms with E-state index >= 15 is 0 Å². The monoisotopic (exact) mass is 227 g/mol. The molecule has 2 aliphatic rings.